The molecule has 1 atom stereocenters. The number of morpholine rings is 1. The van der Waals surface area contributed by atoms with Crippen LogP contribution in [0.4, 0.5) is 11.6 Å². The molecule has 0 unspecified atom stereocenters. The second-order valence-corrected chi connectivity index (χ2v) is 12.7. The van der Waals surface area contributed by atoms with E-state index in [0.29, 0.717) is 81.1 Å². The Morgan fingerprint density at radius 3 is 2.40 bits per heavy atom. The van der Waals surface area contributed by atoms with E-state index in [0.717, 1.165) is 63.1 Å². The Morgan fingerprint density at radius 2 is 1.69 bits per heavy atom. The van der Waals surface area contributed by atoms with Crippen LogP contribution in [0.2, 0.25) is 0 Å². The van der Waals surface area contributed by atoms with Crippen LogP contribution in [0.3, 0.4) is 0 Å². The lowest BCUT2D eigenvalue weighted by Crippen LogP contribution is -2.45. The molecule has 0 bridgehead atoms. The van der Waals surface area contributed by atoms with Crippen molar-refractivity contribution in [1.29, 1.82) is 5.26 Å². The van der Waals surface area contributed by atoms with Crippen molar-refractivity contribution in [3.05, 3.63) is 48.7 Å². The number of hydrogen-bond acceptors (Lipinski definition) is 15. The molecule has 0 radical (unpaired) electrons. The van der Waals surface area contributed by atoms with Gasteiger partial charge in [-0.3, -0.25) is 9.58 Å². The van der Waals surface area contributed by atoms with Gasteiger partial charge in [-0.15, -0.1) is 10.2 Å². The minimum absolute atomic E-state index is 0.266. The number of ether oxygens (including phenoxy) is 6. The van der Waals surface area contributed by atoms with Crippen molar-refractivity contribution < 1.29 is 28.4 Å². The summed E-state index contributed by atoms with van der Waals surface area (Å²) in [4.78, 5) is 11.8. The molecule has 1 aliphatic carbocycles. The first-order valence-electron chi connectivity index (χ1n) is 17.8. The molecule has 1 N–H and O–H groups in total. The van der Waals surface area contributed by atoms with Crippen molar-refractivity contribution in [3.63, 3.8) is 0 Å². The lowest BCUT2D eigenvalue weighted by Gasteiger charge is -2.38. The van der Waals surface area contributed by atoms with Crippen molar-refractivity contribution >= 4 is 11.6 Å². The van der Waals surface area contributed by atoms with Crippen LogP contribution in [0.1, 0.15) is 44.2 Å². The van der Waals surface area contributed by atoms with Crippen molar-refractivity contribution in [3.8, 4) is 28.8 Å². The molecule has 17 heteroatoms. The third-order valence-electron chi connectivity index (χ3n) is 9.07. The number of methoxy groups -OCH3 is 1. The number of hydrogen-bond donors (Lipinski definition) is 1. The minimum atomic E-state index is -0.280. The van der Waals surface area contributed by atoms with Crippen LogP contribution in [0.5, 0.6) is 11.6 Å². The summed E-state index contributed by atoms with van der Waals surface area (Å²) >= 11 is 0. The van der Waals surface area contributed by atoms with E-state index >= 15 is 0 Å². The van der Waals surface area contributed by atoms with E-state index in [2.05, 4.69) is 41.8 Å². The maximum absolute atomic E-state index is 9.69. The predicted octanol–water partition coefficient (Wildman–Crippen LogP) is 3.28. The SMILES string of the molecule is COCCOCCOCCOc1nn([C@H]2CC[C@H](N3CCOCC3)CC2)cc1Nc1ncc(-c2ccc(C#N)c(O[C@@H](C)Cn3cnnn3)c2)cn1. The number of benzene rings is 1. The molecule has 2 aliphatic rings. The Labute approximate surface area is 303 Å². The average Bonchev–Trinajstić information content (AvgIpc) is 3.85. The fourth-order valence-corrected chi connectivity index (χ4v) is 6.38. The quantitative estimate of drug-likeness (QED) is 0.139. The van der Waals surface area contributed by atoms with Gasteiger partial charge in [-0.25, -0.2) is 14.6 Å². The largest absolute Gasteiger partial charge is 0.487 e. The summed E-state index contributed by atoms with van der Waals surface area (Å²) in [5.41, 5.74) is 2.67. The van der Waals surface area contributed by atoms with Gasteiger partial charge in [-0.05, 0) is 60.7 Å². The number of aromatic nitrogens is 8. The Bertz CT molecular complexity index is 1680. The zero-order chi connectivity index (χ0) is 36.0. The highest BCUT2D eigenvalue weighted by molar-refractivity contribution is 5.67. The van der Waals surface area contributed by atoms with Crippen LogP contribution in [-0.2, 0) is 25.5 Å². The summed E-state index contributed by atoms with van der Waals surface area (Å²) in [6.45, 7) is 8.72. The topological polar surface area (TPSA) is 182 Å². The summed E-state index contributed by atoms with van der Waals surface area (Å²) in [7, 11) is 1.65. The number of nitriles is 1. The normalized spacial score (nSPS) is 18.5. The third kappa shape index (κ3) is 10.4. The first-order chi connectivity index (χ1) is 25.6. The zero-order valence-corrected chi connectivity index (χ0v) is 29.8. The second kappa shape index (κ2) is 19.2. The minimum Gasteiger partial charge on any atom is -0.487 e. The van der Waals surface area contributed by atoms with Crippen LogP contribution in [0, 0.1) is 11.3 Å². The molecule has 17 nitrogen and oxygen atoms in total. The summed E-state index contributed by atoms with van der Waals surface area (Å²) in [6.07, 6.45) is 11.0. The summed E-state index contributed by atoms with van der Waals surface area (Å²) in [5.74, 6) is 1.32. The zero-order valence-electron chi connectivity index (χ0n) is 29.8. The van der Waals surface area contributed by atoms with Crippen LogP contribution in [-0.4, -0.2) is 130 Å². The van der Waals surface area contributed by atoms with E-state index in [4.69, 9.17) is 33.5 Å². The summed E-state index contributed by atoms with van der Waals surface area (Å²) in [6, 6.07) is 8.45. The first-order valence-corrected chi connectivity index (χ1v) is 17.8. The molecule has 2 fully saturated rings. The molecular weight excluding hydrogens is 670 g/mol. The molecule has 3 aromatic heterocycles. The lowest BCUT2D eigenvalue weighted by atomic mass is 9.90. The highest BCUT2D eigenvalue weighted by atomic mass is 16.6. The number of rotatable bonds is 19. The van der Waals surface area contributed by atoms with Crippen LogP contribution in [0.25, 0.3) is 11.1 Å². The molecule has 4 heterocycles. The van der Waals surface area contributed by atoms with E-state index in [-0.39, 0.29) is 12.1 Å². The average molecular weight is 718 g/mol. The van der Waals surface area contributed by atoms with Gasteiger partial charge in [0, 0.05) is 44.2 Å². The number of tetrazole rings is 1. The van der Waals surface area contributed by atoms with Crippen molar-refractivity contribution in [2.75, 3.05) is 78.4 Å². The molecule has 4 aromatic rings. The maximum atomic E-state index is 9.69. The van der Waals surface area contributed by atoms with Gasteiger partial charge in [-0.2, -0.15) is 5.26 Å². The molecule has 52 heavy (non-hydrogen) atoms. The van der Waals surface area contributed by atoms with Gasteiger partial charge in [0.05, 0.1) is 70.6 Å². The summed E-state index contributed by atoms with van der Waals surface area (Å²) in [5, 5.41) is 29.1. The third-order valence-corrected chi connectivity index (χ3v) is 9.07. The first kappa shape index (κ1) is 37.0. The standard InChI is InChI=1S/C35H47N11O6/c1-26(23-45-25-39-42-43-45)52-33-19-27(3-4-28(33)20-36)29-21-37-35(38-22-29)40-32-24-46(31-7-5-30(6-8-31)44-9-11-48-12-10-44)41-34(32)51-18-17-50-16-15-49-14-13-47-2/h3-4,19,21-22,24-26,30-31H,5-18,23H2,1-2H3,(H,37,38,40)/t26-,30-,31-/m0/s1. The number of anilines is 2. The monoisotopic (exact) mass is 717 g/mol. The molecule has 1 aromatic carbocycles. The molecule has 278 valence electrons. The van der Waals surface area contributed by atoms with Crippen LogP contribution >= 0.6 is 0 Å². The lowest BCUT2D eigenvalue weighted by molar-refractivity contribution is 0.00498. The smallest absolute Gasteiger partial charge is 0.257 e. The Morgan fingerprint density at radius 1 is 0.962 bits per heavy atom. The Hall–Kier alpha value is -4.73. The van der Waals surface area contributed by atoms with Gasteiger partial charge >= 0.3 is 0 Å². The Kier molecular flexibility index (Phi) is 13.7. The van der Waals surface area contributed by atoms with Crippen molar-refractivity contribution in [2.24, 2.45) is 0 Å². The van der Waals surface area contributed by atoms with Gasteiger partial charge in [0.25, 0.3) is 5.88 Å². The van der Waals surface area contributed by atoms with E-state index in [1.54, 1.807) is 30.3 Å². The van der Waals surface area contributed by atoms with Gasteiger partial charge < -0.3 is 33.7 Å². The molecule has 0 amide bonds. The highest BCUT2D eigenvalue weighted by Crippen LogP contribution is 2.35. The predicted molar refractivity (Wildman–Crippen MR) is 188 cm³/mol. The van der Waals surface area contributed by atoms with Gasteiger partial charge in [0.2, 0.25) is 5.95 Å². The van der Waals surface area contributed by atoms with Gasteiger partial charge in [0.1, 0.15) is 36.5 Å². The molecule has 6 rings (SSSR count). The second-order valence-electron chi connectivity index (χ2n) is 12.7. The number of nitrogens with zero attached hydrogens (tertiary/aromatic N) is 10. The molecular formula is C35H47N11O6. The maximum Gasteiger partial charge on any atom is 0.257 e. The number of nitrogens with one attached hydrogen (secondary N) is 1. The van der Waals surface area contributed by atoms with E-state index in [1.807, 2.05) is 29.9 Å². The van der Waals surface area contributed by atoms with Crippen molar-refractivity contribution in [2.45, 2.75) is 57.3 Å². The molecule has 1 aliphatic heterocycles. The molecule has 1 saturated carbocycles. The van der Waals surface area contributed by atoms with Crippen molar-refractivity contribution in [1.82, 2.24) is 44.9 Å². The van der Waals surface area contributed by atoms with E-state index in [9.17, 15) is 5.26 Å². The van der Waals surface area contributed by atoms with Gasteiger partial charge in [0.15, 0.2) is 0 Å². The fourth-order valence-electron chi connectivity index (χ4n) is 6.38. The van der Waals surface area contributed by atoms with Crippen LogP contribution in [0.15, 0.2) is 43.1 Å². The Balaban J connectivity index is 1.10. The van der Waals surface area contributed by atoms with E-state index in [1.165, 1.54) is 6.33 Å². The summed E-state index contributed by atoms with van der Waals surface area (Å²) < 4.78 is 37.5. The van der Waals surface area contributed by atoms with Gasteiger partial charge in [-0.1, -0.05) is 6.07 Å². The molecule has 1 saturated heterocycles. The van der Waals surface area contributed by atoms with E-state index < -0.39 is 0 Å². The fraction of sp³-hybridized carbons (Fsp3) is 0.571. The molecule has 0 spiro atoms. The van der Waals surface area contributed by atoms with Crippen LogP contribution < -0.4 is 14.8 Å². The highest BCUT2D eigenvalue weighted by Gasteiger charge is 2.29.